The molecule has 0 aliphatic heterocycles. The number of nitrogens with one attached hydrogen (secondary N) is 1. The summed E-state index contributed by atoms with van der Waals surface area (Å²) in [5, 5.41) is 2.72. The summed E-state index contributed by atoms with van der Waals surface area (Å²) >= 11 is 0. The highest BCUT2D eigenvalue weighted by Gasteiger charge is 2.13. The van der Waals surface area contributed by atoms with Crippen molar-refractivity contribution >= 4 is 23.1 Å². The Morgan fingerprint density at radius 1 is 1.08 bits per heavy atom. The summed E-state index contributed by atoms with van der Waals surface area (Å²) in [6, 6.07) is 10.8. The van der Waals surface area contributed by atoms with E-state index in [1.807, 2.05) is 32.0 Å². The summed E-state index contributed by atoms with van der Waals surface area (Å²) < 4.78 is 5.11. The zero-order valence-corrected chi connectivity index (χ0v) is 14.2. The second-order valence-electron chi connectivity index (χ2n) is 5.74. The molecule has 0 aliphatic rings. The Morgan fingerprint density at radius 2 is 1.83 bits per heavy atom. The molecule has 0 aromatic heterocycles. The SMILES string of the molecule is COc1ccc(N)c(NC(=O)CCC(=O)c2cc(C)ccc2C)c1. The lowest BCUT2D eigenvalue weighted by Crippen LogP contribution is -2.15. The highest BCUT2D eigenvalue weighted by molar-refractivity contribution is 6.01. The molecule has 5 heteroatoms. The van der Waals surface area contributed by atoms with Gasteiger partial charge >= 0.3 is 0 Å². The third kappa shape index (κ3) is 4.35. The fraction of sp³-hybridized carbons (Fsp3) is 0.263. The van der Waals surface area contributed by atoms with E-state index < -0.39 is 0 Å². The van der Waals surface area contributed by atoms with Crippen LogP contribution < -0.4 is 15.8 Å². The van der Waals surface area contributed by atoms with Crippen LogP contribution in [0.4, 0.5) is 11.4 Å². The number of ketones is 1. The first-order valence-corrected chi connectivity index (χ1v) is 7.74. The van der Waals surface area contributed by atoms with Gasteiger partial charge in [0.1, 0.15) is 5.75 Å². The number of Topliss-reactive ketones (excluding diaryl/α,β-unsaturated/α-hetero) is 1. The van der Waals surface area contributed by atoms with Gasteiger partial charge in [-0.15, -0.1) is 0 Å². The first kappa shape index (κ1) is 17.5. The molecular weight excluding hydrogens is 304 g/mol. The number of benzene rings is 2. The van der Waals surface area contributed by atoms with Gasteiger partial charge in [-0.05, 0) is 37.6 Å². The average Bonchev–Trinajstić information content (AvgIpc) is 2.56. The maximum Gasteiger partial charge on any atom is 0.224 e. The molecule has 0 unspecified atom stereocenters. The van der Waals surface area contributed by atoms with Crippen LogP contribution in [-0.2, 0) is 4.79 Å². The highest BCUT2D eigenvalue weighted by atomic mass is 16.5. The Bertz CT molecular complexity index is 769. The van der Waals surface area contributed by atoms with Crippen molar-refractivity contribution in [2.24, 2.45) is 0 Å². The number of hydrogen-bond acceptors (Lipinski definition) is 4. The van der Waals surface area contributed by atoms with Crippen LogP contribution >= 0.6 is 0 Å². The van der Waals surface area contributed by atoms with Crippen molar-refractivity contribution in [2.75, 3.05) is 18.2 Å². The number of nitrogens with two attached hydrogens (primary N) is 1. The van der Waals surface area contributed by atoms with Crippen molar-refractivity contribution in [1.82, 2.24) is 0 Å². The molecule has 0 bridgehead atoms. The number of hydrogen-bond donors (Lipinski definition) is 2. The van der Waals surface area contributed by atoms with Crippen LogP contribution in [0.3, 0.4) is 0 Å². The predicted octanol–water partition coefficient (Wildman–Crippen LogP) is 3.50. The second-order valence-corrected chi connectivity index (χ2v) is 5.74. The molecule has 0 heterocycles. The molecule has 0 fully saturated rings. The van der Waals surface area contributed by atoms with E-state index in [9.17, 15) is 9.59 Å². The molecule has 0 aliphatic carbocycles. The number of ether oxygens (including phenoxy) is 1. The van der Waals surface area contributed by atoms with Crippen molar-refractivity contribution in [2.45, 2.75) is 26.7 Å². The summed E-state index contributed by atoms with van der Waals surface area (Å²) in [5.74, 6) is 0.310. The van der Waals surface area contributed by atoms with E-state index in [0.717, 1.165) is 11.1 Å². The third-order valence-corrected chi connectivity index (χ3v) is 3.81. The lowest BCUT2D eigenvalue weighted by molar-refractivity contribution is -0.116. The number of nitrogen functional groups attached to an aromatic ring is 1. The van der Waals surface area contributed by atoms with E-state index in [0.29, 0.717) is 22.7 Å². The van der Waals surface area contributed by atoms with Crippen LogP contribution in [0.2, 0.25) is 0 Å². The monoisotopic (exact) mass is 326 g/mol. The normalized spacial score (nSPS) is 10.3. The van der Waals surface area contributed by atoms with Crippen molar-refractivity contribution in [3.05, 3.63) is 53.1 Å². The van der Waals surface area contributed by atoms with Gasteiger partial charge in [-0.3, -0.25) is 9.59 Å². The zero-order valence-electron chi connectivity index (χ0n) is 14.2. The number of anilines is 2. The van der Waals surface area contributed by atoms with Crippen LogP contribution in [0.5, 0.6) is 5.75 Å². The second kappa shape index (κ2) is 7.64. The Balaban J connectivity index is 1.98. The minimum Gasteiger partial charge on any atom is -0.497 e. The molecular formula is C19H22N2O3. The fourth-order valence-electron chi connectivity index (χ4n) is 2.38. The van der Waals surface area contributed by atoms with Crippen molar-refractivity contribution in [1.29, 1.82) is 0 Å². The molecule has 2 aromatic carbocycles. The van der Waals surface area contributed by atoms with Gasteiger partial charge in [-0.2, -0.15) is 0 Å². The number of carbonyl (C=O) groups excluding carboxylic acids is 2. The number of aryl methyl sites for hydroxylation is 2. The lowest BCUT2D eigenvalue weighted by atomic mass is 9.99. The first-order valence-electron chi connectivity index (χ1n) is 7.74. The molecule has 1 amide bonds. The molecule has 0 saturated carbocycles. The van der Waals surface area contributed by atoms with Gasteiger partial charge < -0.3 is 15.8 Å². The van der Waals surface area contributed by atoms with E-state index in [1.165, 1.54) is 0 Å². The average molecular weight is 326 g/mol. The van der Waals surface area contributed by atoms with E-state index in [4.69, 9.17) is 10.5 Å². The molecule has 0 radical (unpaired) electrons. The summed E-state index contributed by atoms with van der Waals surface area (Å²) in [4.78, 5) is 24.4. The van der Waals surface area contributed by atoms with Crippen molar-refractivity contribution in [3.8, 4) is 5.75 Å². The Labute approximate surface area is 141 Å². The largest absolute Gasteiger partial charge is 0.497 e. The number of amides is 1. The molecule has 2 rings (SSSR count). The zero-order chi connectivity index (χ0) is 17.7. The van der Waals surface area contributed by atoms with E-state index in [1.54, 1.807) is 25.3 Å². The fourth-order valence-corrected chi connectivity index (χ4v) is 2.38. The highest BCUT2D eigenvalue weighted by Crippen LogP contribution is 2.24. The molecule has 0 atom stereocenters. The summed E-state index contributed by atoms with van der Waals surface area (Å²) in [5.41, 5.74) is 9.39. The Kier molecular flexibility index (Phi) is 5.58. The minimum atomic E-state index is -0.256. The number of methoxy groups -OCH3 is 1. The van der Waals surface area contributed by atoms with Gasteiger partial charge in [0.25, 0.3) is 0 Å². The molecule has 0 spiro atoms. The van der Waals surface area contributed by atoms with E-state index in [2.05, 4.69) is 5.32 Å². The van der Waals surface area contributed by atoms with Crippen LogP contribution in [0.15, 0.2) is 36.4 Å². The van der Waals surface area contributed by atoms with Crippen molar-refractivity contribution < 1.29 is 14.3 Å². The lowest BCUT2D eigenvalue weighted by Gasteiger charge is -2.10. The topological polar surface area (TPSA) is 81.4 Å². The predicted molar refractivity (Wildman–Crippen MR) is 95.5 cm³/mol. The maximum atomic E-state index is 12.3. The summed E-state index contributed by atoms with van der Waals surface area (Å²) in [6.07, 6.45) is 0.253. The molecule has 0 saturated heterocycles. The van der Waals surface area contributed by atoms with Gasteiger partial charge in [0.05, 0.1) is 18.5 Å². The summed E-state index contributed by atoms with van der Waals surface area (Å²) in [7, 11) is 1.54. The summed E-state index contributed by atoms with van der Waals surface area (Å²) in [6.45, 7) is 3.83. The minimum absolute atomic E-state index is 0.0371. The molecule has 126 valence electrons. The first-order chi connectivity index (χ1) is 11.4. The van der Waals surface area contributed by atoms with Crippen LogP contribution in [0.1, 0.15) is 34.3 Å². The molecule has 5 nitrogen and oxygen atoms in total. The van der Waals surface area contributed by atoms with Gasteiger partial charge in [0, 0.05) is 24.5 Å². The molecule has 24 heavy (non-hydrogen) atoms. The van der Waals surface area contributed by atoms with Gasteiger partial charge in [-0.1, -0.05) is 17.7 Å². The van der Waals surface area contributed by atoms with E-state index >= 15 is 0 Å². The quantitative estimate of drug-likeness (QED) is 0.629. The standard InChI is InChI=1S/C19H22N2O3/c1-12-4-5-13(2)15(10-12)18(22)8-9-19(23)21-17-11-14(24-3)6-7-16(17)20/h4-7,10-11H,8-9,20H2,1-3H3,(H,21,23). The van der Waals surface area contributed by atoms with Crippen LogP contribution in [-0.4, -0.2) is 18.8 Å². The van der Waals surface area contributed by atoms with Crippen molar-refractivity contribution in [3.63, 3.8) is 0 Å². The number of carbonyl (C=O) groups is 2. The molecule has 2 aromatic rings. The molecule has 3 N–H and O–H groups in total. The van der Waals surface area contributed by atoms with Gasteiger partial charge in [0.15, 0.2) is 5.78 Å². The third-order valence-electron chi connectivity index (χ3n) is 3.81. The van der Waals surface area contributed by atoms with Gasteiger partial charge in [-0.25, -0.2) is 0 Å². The van der Waals surface area contributed by atoms with Crippen LogP contribution in [0.25, 0.3) is 0 Å². The van der Waals surface area contributed by atoms with Crippen LogP contribution in [0, 0.1) is 13.8 Å². The Hall–Kier alpha value is -2.82. The maximum absolute atomic E-state index is 12.3. The van der Waals surface area contributed by atoms with Gasteiger partial charge in [0.2, 0.25) is 5.91 Å². The van der Waals surface area contributed by atoms with E-state index in [-0.39, 0.29) is 24.5 Å². The number of rotatable bonds is 6. The smallest absolute Gasteiger partial charge is 0.224 e. The Morgan fingerprint density at radius 3 is 2.54 bits per heavy atom.